The number of carbonyl (C=O) groups is 2. The zero-order valence-corrected chi connectivity index (χ0v) is 15.3. The summed E-state index contributed by atoms with van der Waals surface area (Å²) in [6.45, 7) is 4.79. The Morgan fingerprint density at radius 3 is 2.28 bits per heavy atom. The van der Waals surface area contributed by atoms with Crippen molar-refractivity contribution in [2.45, 2.75) is 32.7 Å². The van der Waals surface area contributed by atoms with Crippen LogP contribution in [0, 0.1) is 5.92 Å². The lowest BCUT2D eigenvalue weighted by Crippen LogP contribution is -2.48. The van der Waals surface area contributed by atoms with Gasteiger partial charge in [-0.2, -0.15) is 4.31 Å². The van der Waals surface area contributed by atoms with Crippen molar-refractivity contribution in [2.75, 3.05) is 29.1 Å². The van der Waals surface area contributed by atoms with Crippen LogP contribution in [0.5, 0.6) is 0 Å². The van der Waals surface area contributed by atoms with E-state index in [9.17, 15) is 18.0 Å². The SMILES string of the molecule is CC(C)C(C(=O)Nc1ccc(N2CCC2=O)cc1)N1CCCS1(=O)=O. The zero-order chi connectivity index (χ0) is 18.2. The predicted octanol–water partition coefficient (Wildman–Crippen LogP) is 1.42. The fraction of sp³-hybridized carbons (Fsp3) is 0.529. The van der Waals surface area contributed by atoms with Gasteiger partial charge in [0.15, 0.2) is 0 Å². The van der Waals surface area contributed by atoms with Gasteiger partial charge in [-0.05, 0) is 36.6 Å². The van der Waals surface area contributed by atoms with E-state index in [4.69, 9.17) is 0 Å². The minimum atomic E-state index is -3.36. The van der Waals surface area contributed by atoms with Crippen molar-refractivity contribution in [2.24, 2.45) is 5.92 Å². The number of benzene rings is 1. The average Bonchev–Trinajstić information content (AvgIpc) is 2.87. The summed E-state index contributed by atoms with van der Waals surface area (Å²) in [4.78, 5) is 25.8. The number of hydrogen-bond donors (Lipinski definition) is 1. The van der Waals surface area contributed by atoms with Gasteiger partial charge in [0.1, 0.15) is 6.04 Å². The highest BCUT2D eigenvalue weighted by atomic mass is 32.2. The Labute approximate surface area is 148 Å². The highest BCUT2D eigenvalue weighted by Crippen LogP contribution is 2.25. The van der Waals surface area contributed by atoms with Gasteiger partial charge < -0.3 is 10.2 Å². The second kappa shape index (κ2) is 6.76. The largest absolute Gasteiger partial charge is 0.325 e. The van der Waals surface area contributed by atoms with Crippen LogP contribution in [0.15, 0.2) is 24.3 Å². The number of hydrogen-bond acceptors (Lipinski definition) is 4. The van der Waals surface area contributed by atoms with Gasteiger partial charge in [0.25, 0.3) is 0 Å². The molecule has 136 valence electrons. The number of sulfonamides is 1. The van der Waals surface area contributed by atoms with E-state index in [-0.39, 0.29) is 23.5 Å². The van der Waals surface area contributed by atoms with E-state index in [1.165, 1.54) is 4.31 Å². The van der Waals surface area contributed by atoms with Gasteiger partial charge in [-0.25, -0.2) is 8.42 Å². The van der Waals surface area contributed by atoms with Crippen LogP contribution in [-0.2, 0) is 19.6 Å². The molecule has 2 amide bonds. The van der Waals surface area contributed by atoms with Crippen molar-refractivity contribution in [3.63, 3.8) is 0 Å². The van der Waals surface area contributed by atoms with Crippen LogP contribution in [0.25, 0.3) is 0 Å². The highest BCUT2D eigenvalue weighted by molar-refractivity contribution is 7.89. The molecule has 0 saturated carbocycles. The van der Waals surface area contributed by atoms with Crippen molar-refractivity contribution < 1.29 is 18.0 Å². The molecule has 0 spiro atoms. The van der Waals surface area contributed by atoms with Gasteiger partial charge in [-0.1, -0.05) is 13.8 Å². The smallest absolute Gasteiger partial charge is 0.243 e. The minimum Gasteiger partial charge on any atom is -0.325 e. The third kappa shape index (κ3) is 3.55. The molecule has 1 unspecified atom stereocenters. The Morgan fingerprint density at radius 2 is 1.84 bits per heavy atom. The first kappa shape index (κ1) is 17.9. The highest BCUT2D eigenvalue weighted by Gasteiger charge is 2.39. The normalized spacial score (nSPS) is 21.2. The molecule has 3 rings (SSSR count). The van der Waals surface area contributed by atoms with E-state index in [1.807, 2.05) is 13.8 Å². The van der Waals surface area contributed by atoms with E-state index >= 15 is 0 Å². The van der Waals surface area contributed by atoms with E-state index in [1.54, 1.807) is 29.2 Å². The molecule has 2 heterocycles. The first-order valence-electron chi connectivity index (χ1n) is 8.50. The van der Waals surface area contributed by atoms with Crippen LogP contribution in [0.3, 0.4) is 0 Å². The monoisotopic (exact) mass is 365 g/mol. The van der Waals surface area contributed by atoms with Gasteiger partial charge >= 0.3 is 0 Å². The fourth-order valence-corrected chi connectivity index (χ4v) is 5.09. The van der Waals surface area contributed by atoms with E-state index in [2.05, 4.69) is 5.32 Å². The van der Waals surface area contributed by atoms with Crippen LogP contribution in [-0.4, -0.2) is 49.4 Å². The summed E-state index contributed by atoms with van der Waals surface area (Å²) in [5.41, 5.74) is 1.39. The summed E-state index contributed by atoms with van der Waals surface area (Å²) >= 11 is 0. The number of anilines is 2. The Bertz CT molecular complexity index is 774. The molecule has 25 heavy (non-hydrogen) atoms. The second-order valence-corrected chi connectivity index (χ2v) is 8.84. The number of amides is 2. The average molecular weight is 365 g/mol. The predicted molar refractivity (Wildman–Crippen MR) is 95.8 cm³/mol. The van der Waals surface area contributed by atoms with Crippen molar-refractivity contribution in [3.8, 4) is 0 Å². The van der Waals surface area contributed by atoms with Gasteiger partial charge in [0.2, 0.25) is 21.8 Å². The summed E-state index contributed by atoms with van der Waals surface area (Å²) in [5, 5.41) is 2.80. The van der Waals surface area contributed by atoms with Crippen LogP contribution in [0.1, 0.15) is 26.7 Å². The zero-order valence-electron chi connectivity index (χ0n) is 14.4. The molecule has 0 aromatic heterocycles. The molecule has 2 aliphatic rings. The Hall–Kier alpha value is -1.93. The molecule has 1 aromatic rings. The minimum absolute atomic E-state index is 0.0934. The molecule has 2 fully saturated rings. The quantitative estimate of drug-likeness (QED) is 0.800. The van der Waals surface area contributed by atoms with E-state index in [0.717, 1.165) is 5.69 Å². The van der Waals surface area contributed by atoms with Crippen molar-refractivity contribution in [1.29, 1.82) is 0 Å². The molecule has 1 N–H and O–H groups in total. The Morgan fingerprint density at radius 1 is 1.16 bits per heavy atom. The Balaban J connectivity index is 1.72. The van der Waals surface area contributed by atoms with Gasteiger partial charge in [0, 0.05) is 30.9 Å². The number of carbonyl (C=O) groups excluding carboxylic acids is 2. The fourth-order valence-electron chi connectivity index (χ4n) is 3.27. The lowest BCUT2D eigenvalue weighted by molar-refractivity contribution is -0.122. The summed E-state index contributed by atoms with van der Waals surface area (Å²) in [7, 11) is -3.36. The molecule has 0 bridgehead atoms. The summed E-state index contributed by atoms with van der Waals surface area (Å²) in [6, 6.07) is 6.31. The maximum Gasteiger partial charge on any atom is 0.243 e. The van der Waals surface area contributed by atoms with Gasteiger partial charge in [-0.15, -0.1) is 0 Å². The Kier molecular flexibility index (Phi) is 4.83. The molecule has 1 atom stereocenters. The lowest BCUT2D eigenvalue weighted by atomic mass is 10.0. The second-order valence-electron chi connectivity index (χ2n) is 6.80. The van der Waals surface area contributed by atoms with Crippen molar-refractivity contribution >= 4 is 33.2 Å². The molecule has 1 aromatic carbocycles. The van der Waals surface area contributed by atoms with Crippen LogP contribution >= 0.6 is 0 Å². The van der Waals surface area contributed by atoms with Gasteiger partial charge in [-0.3, -0.25) is 9.59 Å². The van der Waals surface area contributed by atoms with E-state index < -0.39 is 16.1 Å². The number of rotatable bonds is 5. The van der Waals surface area contributed by atoms with Crippen LogP contribution in [0.4, 0.5) is 11.4 Å². The van der Waals surface area contributed by atoms with Crippen LogP contribution < -0.4 is 10.2 Å². The topological polar surface area (TPSA) is 86.8 Å². The molecule has 2 aliphatic heterocycles. The summed E-state index contributed by atoms with van der Waals surface area (Å²) in [5.74, 6) is -0.266. The third-order valence-corrected chi connectivity index (χ3v) is 6.57. The number of nitrogens with one attached hydrogen (secondary N) is 1. The summed E-state index contributed by atoms with van der Waals surface area (Å²) in [6.07, 6.45) is 1.12. The summed E-state index contributed by atoms with van der Waals surface area (Å²) < 4.78 is 25.6. The van der Waals surface area contributed by atoms with Gasteiger partial charge in [0.05, 0.1) is 5.75 Å². The molecule has 0 aliphatic carbocycles. The van der Waals surface area contributed by atoms with E-state index in [0.29, 0.717) is 31.6 Å². The molecular weight excluding hydrogens is 342 g/mol. The molecular formula is C17H23N3O4S. The molecule has 8 heteroatoms. The first-order valence-corrected chi connectivity index (χ1v) is 10.1. The van der Waals surface area contributed by atoms with Crippen LogP contribution in [0.2, 0.25) is 0 Å². The molecule has 2 saturated heterocycles. The molecule has 0 radical (unpaired) electrons. The standard InChI is InChI=1S/C17H23N3O4S/c1-12(2)16(20-9-3-11-25(20,23)24)17(22)18-13-4-6-14(7-5-13)19-10-8-15(19)21/h4-7,12,16H,3,8-11H2,1-2H3,(H,18,22). The number of nitrogens with zero attached hydrogens (tertiary/aromatic N) is 2. The number of β-lactam (4-membered cyclic amide) rings is 1. The maximum absolute atomic E-state index is 12.7. The molecule has 7 nitrogen and oxygen atoms in total. The first-order chi connectivity index (χ1) is 11.8. The van der Waals surface area contributed by atoms with Crippen molar-refractivity contribution in [1.82, 2.24) is 4.31 Å². The third-order valence-electron chi connectivity index (χ3n) is 4.65. The lowest BCUT2D eigenvalue weighted by Gasteiger charge is -2.31. The van der Waals surface area contributed by atoms with Crippen molar-refractivity contribution in [3.05, 3.63) is 24.3 Å². The maximum atomic E-state index is 12.7.